The van der Waals surface area contributed by atoms with Gasteiger partial charge in [0.25, 0.3) is 12.0 Å². The highest BCUT2D eigenvalue weighted by Gasteiger charge is 2.23. The van der Waals surface area contributed by atoms with Gasteiger partial charge in [-0.15, -0.1) is 0 Å². The summed E-state index contributed by atoms with van der Waals surface area (Å²) >= 11 is 12.4. The largest absolute Gasteiger partial charge is 0.507 e. The van der Waals surface area contributed by atoms with Crippen LogP contribution in [0.4, 0.5) is 8.78 Å². The van der Waals surface area contributed by atoms with Crippen LogP contribution in [0.1, 0.15) is 19.0 Å². The van der Waals surface area contributed by atoms with Gasteiger partial charge in [-0.05, 0) is 31.2 Å². The molecular formula is C19H16Cl2F2N4O7S. The number of hydrogen-bond acceptors (Lipinski definition) is 8. The lowest BCUT2D eigenvalue weighted by Gasteiger charge is -2.15. The molecular weight excluding hydrogens is 537 g/mol. The molecule has 3 aromatic rings. The first-order valence-electron chi connectivity index (χ1n) is 9.49. The van der Waals surface area contributed by atoms with Gasteiger partial charge >= 0.3 is 5.69 Å². The molecule has 0 unspecified atom stereocenters. The number of phenolic OH excluding ortho intramolecular Hbond substituents is 1. The molecule has 0 aliphatic heterocycles. The topological polar surface area (TPSA) is 164 Å². The fourth-order valence-corrected chi connectivity index (χ4v) is 4.65. The Morgan fingerprint density at radius 3 is 2.40 bits per heavy atom. The SMILES string of the molecule is C[C@@H](CO)NS(=O)(=O)c1cc(Oc2c(Cl)cc(-n3nc(C(F)F)c(=O)[nH]c3=O)cc2Cl)ccc1O. The molecule has 0 bridgehead atoms. The van der Waals surface area contributed by atoms with Crippen molar-refractivity contribution in [1.29, 1.82) is 0 Å². The van der Waals surface area contributed by atoms with Crippen LogP contribution in [0.2, 0.25) is 10.0 Å². The normalized spacial score (nSPS) is 12.7. The number of benzene rings is 2. The molecule has 0 radical (unpaired) electrons. The Bertz CT molecular complexity index is 1470. The zero-order chi connectivity index (χ0) is 26.1. The Balaban J connectivity index is 2.01. The Morgan fingerprint density at radius 2 is 1.83 bits per heavy atom. The summed E-state index contributed by atoms with van der Waals surface area (Å²) in [5, 5.41) is 22.0. The Hall–Kier alpha value is -3.04. The maximum atomic E-state index is 13.0. The summed E-state index contributed by atoms with van der Waals surface area (Å²) in [7, 11) is -4.24. The number of H-pyrrole nitrogens is 1. The van der Waals surface area contributed by atoms with E-state index < -0.39 is 56.7 Å². The van der Waals surface area contributed by atoms with Crippen LogP contribution in [-0.4, -0.2) is 46.0 Å². The van der Waals surface area contributed by atoms with E-state index >= 15 is 0 Å². The molecule has 3 rings (SSSR count). The molecule has 2 aromatic carbocycles. The number of aliphatic hydroxyl groups excluding tert-OH is 1. The minimum absolute atomic E-state index is 0.115. The van der Waals surface area contributed by atoms with E-state index in [1.807, 2.05) is 0 Å². The predicted octanol–water partition coefficient (Wildman–Crippen LogP) is 2.32. The van der Waals surface area contributed by atoms with Gasteiger partial charge < -0.3 is 14.9 Å². The summed E-state index contributed by atoms with van der Waals surface area (Å²) in [4.78, 5) is 24.7. The third-order valence-electron chi connectivity index (χ3n) is 4.36. The number of ether oxygens (including phenoxy) is 1. The maximum Gasteiger partial charge on any atom is 0.349 e. The smallest absolute Gasteiger partial charge is 0.349 e. The van der Waals surface area contributed by atoms with Crippen LogP contribution in [0.3, 0.4) is 0 Å². The van der Waals surface area contributed by atoms with E-state index in [1.54, 1.807) is 4.98 Å². The lowest BCUT2D eigenvalue weighted by molar-refractivity contribution is 0.141. The van der Waals surface area contributed by atoms with Gasteiger partial charge in [-0.25, -0.2) is 26.7 Å². The number of nitrogens with zero attached hydrogens (tertiary/aromatic N) is 2. The van der Waals surface area contributed by atoms with E-state index in [2.05, 4.69) is 9.82 Å². The van der Waals surface area contributed by atoms with E-state index in [0.29, 0.717) is 4.68 Å². The fraction of sp³-hybridized carbons (Fsp3) is 0.211. The number of aliphatic hydroxyl groups is 1. The molecule has 0 spiro atoms. The predicted molar refractivity (Wildman–Crippen MR) is 120 cm³/mol. The number of halogens is 4. The second-order valence-electron chi connectivity index (χ2n) is 7.03. The first kappa shape index (κ1) is 26.6. The van der Waals surface area contributed by atoms with Gasteiger partial charge in [0, 0.05) is 12.1 Å². The number of phenols is 1. The Morgan fingerprint density at radius 1 is 1.20 bits per heavy atom. The number of rotatable bonds is 8. The molecule has 0 saturated carbocycles. The number of aromatic amines is 1. The summed E-state index contributed by atoms with van der Waals surface area (Å²) in [5.41, 5.74) is -3.84. The summed E-state index contributed by atoms with van der Waals surface area (Å²) in [5.74, 6) is -0.911. The molecule has 0 fully saturated rings. The summed E-state index contributed by atoms with van der Waals surface area (Å²) < 4.78 is 59.2. The molecule has 35 heavy (non-hydrogen) atoms. The molecule has 0 aliphatic carbocycles. The third kappa shape index (κ3) is 5.79. The van der Waals surface area contributed by atoms with Crippen molar-refractivity contribution in [2.75, 3.05) is 6.61 Å². The minimum atomic E-state index is -4.24. The molecule has 16 heteroatoms. The Kier molecular flexibility index (Phi) is 7.81. The number of alkyl halides is 2. The van der Waals surface area contributed by atoms with Crippen molar-refractivity contribution in [3.8, 4) is 22.9 Å². The molecule has 11 nitrogen and oxygen atoms in total. The van der Waals surface area contributed by atoms with E-state index in [0.717, 1.165) is 24.3 Å². The van der Waals surface area contributed by atoms with Crippen LogP contribution in [0, 0.1) is 0 Å². The zero-order valence-electron chi connectivity index (χ0n) is 17.5. The molecule has 0 saturated heterocycles. The number of aromatic nitrogens is 3. The van der Waals surface area contributed by atoms with Gasteiger partial charge in [0.1, 0.15) is 16.4 Å². The quantitative estimate of drug-likeness (QED) is 0.330. The van der Waals surface area contributed by atoms with Crippen LogP contribution >= 0.6 is 23.2 Å². The van der Waals surface area contributed by atoms with Gasteiger partial charge in [-0.2, -0.15) is 9.78 Å². The van der Waals surface area contributed by atoms with Crippen molar-refractivity contribution >= 4 is 33.2 Å². The maximum absolute atomic E-state index is 13.0. The Labute approximate surface area is 205 Å². The van der Waals surface area contributed by atoms with Gasteiger partial charge in [0.15, 0.2) is 11.4 Å². The van der Waals surface area contributed by atoms with Crippen molar-refractivity contribution < 1.29 is 32.1 Å². The molecule has 0 aliphatic rings. The summed E-state index contributed by atoms with van der Waals surface area (Å²) in [6.07, 6.45) is -3.26. The number of sulfonamides is 1. The highest BCUT2D eigenvalue weighted by molar-refractivity contribution is 7.89. The summed E-state index contributed by atoms with van der Waals surface area (Å²) in [6, 6.07) is 4.58. The monoisotopic (exact) mass is 552 g/mol. The second kappa shape index (κ2) is 10.3. The standard InChI is InChI=1S/C19H16Cl2F2N4O7S/c1-8(7-28)26-35(32,33)14-6-10(2-3-13(14)29)34-16-11(20)4-9(5-12(16)21)27-19(31)24-18(30)15(25-27)17(22)23/h2-6,8,17,26,28-29H,7H2,1H3,(H,24,30,31)/t8-/m0/s1. The van der Waals surface area contributed by atoms with Gasteiger partial charge in [-0.1, -0.05) is 23.2 Å². The molecule has 1 atom stereocenters. The van der Waals surface area contributed by atoms with Crippen molar-refractivity contribution in [1.82, 2.24) is 19.5 Å². The molecule has 1 aromatic heterocycles. The number of hydrogen-bond donors (Lipinski definition) is 4. The van der Waals surface area contributed by atoms with Crippen LogP contribution < -0.4 is 20.7 Å². The van der Waals surface area contributed by atoms with Crippen LogP contribution in [-0.2, 0) is 10.0 Å². The number of nitrogens with one attached hydrogen (secondary N) is 2. The van der Waals surface area contributed by atoms with Crippen molar-refractivity contribution in [2.24, 2.45) is 0 Å². The van der Waals surface area contributed by atoms with Crippen molar-refractivity contribution in [3.05, 3.63) is 66.9 Å². The van der Waals surface area contributed by atoms with Crippen LogP contribution in [0.25, 0.3) is 5.69 Å². The summed E-state index contributed by atoms with van der Waals surface area (Å²) in [6.45, 7) is 0.919. The van der Waals surface area contributed by atoms with Crippen molar-refractivity contribution in [2.45, 2.75) is 24.3 Å². The third-order valence-corrected chi connectivity index (χ3v) is 6.54. The number of aromatic hydroxyl groups is 1. The van der Waals surface area contributed by atoms with Crippen LogP contribution in [0.15, 0.2) is 44.8 Å². The average Bonchev–Trinajstić information content (AvgIpc) is 2.76. The first-order valence-corrected chi connectivity index (χ1v) is 11.7. The lowest BCUT2D eigenvalue weighted by atomic mass is 10.3. The highest BCUT2D eigenvalue weighted by atomic mass is 35.5. The first-order chi connectivity index (χ1) is 16.3. The van der Waals surface area contributed by atoms with E-state index in [4.69, 9.17) is 33.0 Å². The highest BCUT2D eigenvalue weighted by Crippen LogP contribution is 2.39. The zero-order valence-corrected chi connectivity index (χ0v) is 19.8. The molecule has 0 amide bonds. The minimum Gasteiger partial charge on any atom is -0.507 e. The van der Waals surface area contributed by atoms with E-state index in [-0.39, 0.29) is 27.2 Å². The van der Waals surface area contributed by atoms with E-state index in [1.165, 1.54) is 13.0 Å². The van der Waals surface area contributed by atoms with Gasteiger partial charge in [0.05, 0.1) is 22.3 Å². The molecule has 188 valence electrons. The van der Waals surface area contributed by atoms with Gasteiger partial charge in [-0.3, -0.25) is 9.78 Å². The fourth-order valence-electron chi connectivity index (χ4n) is 2.75. The van der Waals surface area contributed by atoms with E-state index in [9.17, 15) is 31.9 Å². The second-order valence-corrected chi connectivity index (χ2v) is 9.53. The lowest BCUT2D eigenvalue weighted by Crippen LogP contribution is -2.35. The average molecular weight is 553 g/mol. The van der Waals surface area contributed by atoms with Gasteiger partial charge in [0.2, 0.25) is 10.0 Å². The molecule has 4 N–H and O–H groups in total. The molecule has 1 heterocycles. The van der Waals surface area contributed by atoms with Crippen LogP contribution in [0.5, 0.6) is 17.2 Å². The van der Waals surface area contributed by atoms with Crippen molar-refractivity contribution in [3.63, 3.8) is 0 Å².